The maximum absolute atomic E-state index is 11.9. The third kappa shape index (κ3) is 4.20. The van der Waals surface area contributed by atoms with Gasteiger partial charge in [0.1, 0.15) is 0 Å². The van der Waals surface area contributed by atoms with Crippen molar-refractivity contribution in [3.8, 4) is 0 Å². The molecule has 0 saturated heterocycles. The van der Waals surface area contributed by atoms with Gasteiger partial charge < -0.3 is 15.0 Å². The van der Waals surface area contributed by atoms with E-state index in [2.05, 4.69) is 26.6 Å². The number of hydrogen-bond donors (Lipinski definition) is 1. The van der Waals surface area contributed by atoms with Crippen molar-refractivity contribution >= 4 is 29.1 Å². The average Bonchev–Trinajstić information content (AvgIpc) is 2.69. The summed E-state index contributed by atoms with van der Waals surface area (Å²) in [7, 11) is 1.35. The number of benzene rings is 2. The first kappa shape index (κ1) is 18.3. The molecular formula is C20H21N5O2. The molecule has 1 N–H and O–H groups in total. The van der Waals surface area contributed by atoms with Gasteiger partial charge in [0.2, 0.25) is 0 Å². The summed E-state index contributed by atoms with van der Waals surface area (Å²) in [5.74, 6) is 0.543. The van der Waals surface area contributed by atoms with E-state index in [0.717, 1.165) is 11.3 Å². The topological polar surface area (TPSA) is 80.2 Å². The van der Waals surface area contributed by atoms with Gasteiger partial charge in [0.15, 0.2) is 5.82 Å². The maximum Gasteiger partial charge on any atom is 0.339 e. The van der Waals surface area contributed by atoms with E-state index in [0.29, 0.717) is 29.6 Å². The van der Waals surface area contributed by atoms with Crippen molar-refractivity contribution in [3.05, 3.63) is 65.9 Å². The molecular weight excluding hydrogens is 342 g/mol. The van der Waals surface area contributed by atoms with Crippen LogP contribution in [0.4, 0.5) is 23.1 Å². The van der Waals surface area contributed by atoms with Crippen LogP contribution in [0.5, 0.6) is 0 Å². The molecule has 0 radical (unpaired) electrons. The van der Waals surface area contributed by atoms with E-state index >= 15 is 0 Å². The van der Waals surface area contributed by atoms with Crippen molar-refractivity contribution in [2.45, 2.75) is 13.8 Å². The summed E-state index contributed by atoms with van der Waals surface area (Å²) in [6, 6.07) is 15.2. The van der Waals surface area contributed by atoms with Crippen LogP contribution < -0.4 is 10.2 Å². The van der Waals surface area contributed by atoms with Crippen LogP contribution in [0, 0.1) is 6.92 Å². The average molecular weight is 363 g/mol. The molecule has 138 valence electrons. The molecule has 1 heterocycles. The fraction of sp³-hybridized carbons (Fsp3) is 0.200. The third-order valence-electron chi connectivity index (χ3n) is 4.01. The Balaban J connectivity index is 1.91. The van der Waals surface area contributed by atoms with E-state index in [1.165, 1.54) is 13.3 Å². The molecule has 0 fully saturated rings. The van der Waals surface area contributed by atoms with Crippen molar-refractivity contribution in [2.24, 2.45) is 0 Å². The highest BCUT2D eigenvalue weighted by molar-refractivity contribution is 5.96. The minimum Gasteiger partial charge on any atom is -0.465 e. The van der Waals surface area contributed by atoms with Gasteiger partial charge >= 0.3 is 5.97 Å². The predicted octanol–water partition coefficient (Wildman–Crippen LogP) is 3.87. The van der Waals surface area contributed by atoms with E-state index in [1.54, 1.807) is 18.2 Å². The first-order valence-corrected chi connectivity index (χ1v) is 8.60. The lowest BCUT2D eigenvalue weighted by molar-refractivity contribution is 0.0602. The van der Waals surface area contributed by atoms with E-state index in [4.69, 9.17) is 4.74 Å². The van der Waals surface area contributed by atoms with Gasteiger partial charge in [-0.1, -0.05) is 24.3 Å². The molecule has 2 aromatic carbocycles. The third-order valence-corrected chi connectivity index (χ3v) is 4.01. The molecule has 0 bridgehead atoms. The van der Waals surface area contributed by atoms with Crippen LogP contribution in [0.1, 0.15) is 22.8 Å². The highest BCUT2D eigenvalue weighted by Crippen LogP contribution is 2.25. The summed E-state index contributed by atoms with van der Waals surface area (Å²) in [5.41, 5.74) is 3.16. The van der Waals surface area contributed by atoms with Crippen molar-refractivity contribution in [3.63, 3.8) is 0 Å². The molecule has 27 heavy (non-hydrogen) atoms. The maximum atomic E-state index is 11.9. The van der Waals surface area contributed by atoms with Crippen LogP contribution in [-0.2, 0) is 4.74 Å². The standard InChI is InChI=1S/C20H21N5O2/c1-4-25(15-9-7-8-14(2)12-15)20-23-18(13-21-24-20)22-17-11-6-5-10-16(17)19(26)27-3/h5-13H,4H2,1-3H3,(H,22,23,24). The molecule has 0 aliphatic carbocycles. The Morgan fingerprint density at radius 3 is 2.74 bits per heavy atom. The molecule has 7 heteroatoms. The zero-order valence-corrected chi connectivity index (χ0v) is 15.5. The number of methoxy groups -OCH3 is 1. The number of nitrogens with one attached hydrogen (secondary N) is 1. The number of aryl methyl sites for hydroxylation is 1. The van der Waals surface area contributed by atoms with Crippen LogP contribution in [0.3, 0.4) is 0 Å². The van der Waals surface area contributed by atoms with Gasteiger partial charge in [0, 0.05) is 12.2 Å². The molecule has 0 atom stereocenters. The zero-order valence-electron chi connectivity index (χ0n) is 15.5. The summed E-state index contributed by atoms with van der Waals surface area (Å²) in [6.45, 7) is 4.75. The van der Waals surface area contributed by atoms with E-state index in [1.807, 2.05) is 43.0 Å². The summed E-state index contributed by atoms with van der Waals surface area (Å²) in [5, 5.41) is 11.4. The molecule has 0 unspecified atom stereocenters. The number of carbonyl (C=O) groups is 1. The normalized spacial score (nSPS) is 10.3. The minimum absolute atomic E-state index is 0.421. The number of carbonyl (C=O) groups excluding carboxylic acids is 1. The highest BCUT2D eigenvalue weighted by atomic mass is 16.5. The zero-order chi connectivity index (χ0) is 19.2. The van der Waals surface area contributed by atoms with Gasteiger partial charge in [-0.25, -0.2) is 4.79 Å². The predicted molar refractivity (Wildman–Crippen MR) is 105 cm³/mol. The molecule has 0 saturated carbocycles. The van der Waals surface area contributed by atoms with Crippen LogP contribution in [-0.4, -0.2) is 34.8 Å². The minimum atomic E-state index is -0.421. The quantitative estimate of drug-likeness (QED) is 0.666. The fourth-order valence-electron chi connectivity index (χ4n) is 2.72. The Kier molecular flexibility index (Phi) is 5.61. The lowest BCUT2D eigenvalue weighted by Gasteiger charge is -2.21. The Hall–Kier alpha value is -3.48. The van der Waals surface area contributed by atoms with Gasteiger partial charge in [0.05, 0.1) is 24.6 Å². The molecule has 3 aromatic rings. The number of nitrogens with zero attached hydrogens (tertiary/aromatic N) is 4. The van der Waals surface area contributed by atoms with Crippen molar-refractivity contribution in [1.82, 2.24) is 15.2 Å². The van der Waals surface area contributed by atoms with Gasteiger partial charge in [0.25, 0.3) is 5.95 Å². The Bertz CT molecular complexity index is 945. The van der Waals surface area contributed by atoms with Crippen LogP contribution >= 0.6 is 0 Å². The summed E-state index contributed by atoms with van der Waals surface area (Å²) in [6.07, 6.45) is 1.52. The summed E-state index contributed by atoms with van der Waals surface area (Å²) < 4.78 is 4.83. The molecule has 0 spiro atoms. The van der Waals surface area contributed by atoms with Crippen molar-refractivity contribution in [2.75, 3.05) is 23.9 Å². The van der Waals surface area contributed by atoms with Crippen LogP contribution in [0.2, 0.25) is 0 Å². The number of esters is 1. The van der Waals surface area contributed by atoms with Crippen molar-refractivity contribution in [1.29, 1.82) is 0 Å². The van der Waals surface area contributed by atoms with Gasteiger partial charge in [-0.3, -0.25) is 0 Å². The number of hydrogen-bond acceptors (Lipinski definition) is 7. The number of anilines is 4. The Labute approximate surface area is 158 Å². The first-order chi connectivity index (χ1) is 13.1. The lowest BCUT2D eigenvalue weighted by atomic mass is 10.2. The Morgan fingerprint density at radius 1 is 1.19 bits per heavy atom. The van der Waals surface area contributed by atoms with E-state index in [9.17, 15) is 4.79 Å². The Morgan fingerprint density at radius 2 is 2.00 bits per heavy atom. The second kappa shape index (κ2) is 8.27. The number of para-hydroxylation sites is 1. The van der Waals surface area contributed by atoms with Crippen LogP contribution in [0.25, 0.3) is 0 Å². The number of aromatic nitrogens is 3. The first-order valence-electron chi connectivity index (χ1n) is 8.60. The molecule has 0 aliphatic rings. The molecule has 3 rings (SSSR count). The smallest absolute Gasteiger partial charge is 0.339 e. The SMILES string of the molecule is CCN(c1cccc(C)c1)c1nncc(Nc2ccccc2C(=O)OC)n1. The summed E-state index contributed by atoms with van der Waals surface area (Å²) in [4.78, 5) is 18.5. The highest BCUT2D eigenvalue weighted by Gasteiger charge is 2.14. The lowest BCUT2D eigenvalue weighted by Crippen LogP contribution is -2.20. The monoisotopic (exact) mass is 363 g/mol. The largest absolute Gasteiger partial charge is 0.465 e. The molecule has 1 aromatic heterocycles. The van der Waals surface area contributed by atoms with E-state index in [-0.39, 0.29) is 0 Å². The van der Waals surface area contributed by atoms with Crippen LogP contribution in [0.15, 0.2) is 54.7 Å². The molecule has 0 amide bonds. The second-order valence-electron chi connectivity index (χ2n) is 5.89. The number of ether oxygens (including phenoxy) is 1. The summed E-state index contributed by atoms with van der Waals surface area (Å²) >= 11 is 0. The van der Waals surface area contributed by atoms with Gasteiger partial charge in [-0.05, 0) is 43.7 Å². The number of rotatable bonds is 6. The second-order valence-corrected chi connectivity index (χ2v) is 5.89. The fourth-order valence-corrected chi connectivity index (χ4v) is 2.72. The van der Waals surface area contributed by atoms with Gasteiger partial charge in [-0.2, -0.15) is 10.1 Å². The van der Waals surface area contributed by atoms with E-state index < -0.39 is 5.97 Å². The van der Waals surface area contributed by atoms with Gasteiger partial charge in [-0.15, -0.1) is 5.10 Å². The van der Waals surface area contributed by atoms with Crippen molar-refractivity contribution < 1.29 is 9.53 Å². The molecule has 7 nitrogen and oxygen atoms in total. The molecule has 0 aliphatic heterocycles.